The van der Waals surface area contributed by atoms with Crippen molar-refractivity contribution in [3.05, 3.63) is 83.9 Å². The molecule has 150 valence electrons. The summed E-state index contributed by atoms with van der Waals surface area (Å²) >= 11 is 0. The minimum Gasteiger partial charge on any atom is -0.370 e. The van der Waals surface area contributed by atoms with Crippen molar-refractivity contribution >= 4 is 5.91 Å². The van der Waals surface area contributed by atoms with Crippen LogP contribution in [-0.2, 0) is 17.9 Å². The van der Waals surface area contributed by atoms with Gasteiger partial charge in [0.1, 0.15) is 0 Å². The lowest BCUT2D eigenvalue weighted by atomic mass is 10.0. The van der Waals surface area contributed by atoms with E-state index in [4.69, 9.17) is 5.73 Å². The zero-order valence-corrected chi connectivity index (χ0v) is 17.1. The van der Waals surface area contributed by atoms with Crippen LogP contribution in [0.2, 0.25) is 0 Å². The number of primary amides is 1. The van der Waals surface area contributed by atoms with Crippen LogP contribution in [0.1, 0.15) is 43.1 Å². The van der Waals surface area contributed by atoms with Crippen molar-refractivity contribution in [2.75, 3.05) is 6.54 Å². The van der Waals surface area contributed by atoms with E-state index in [1.165, 1.54) is 5.56 Å². The van der Waals surface area contributed by atoms with E-state index in [-0.39, 0.29) is 5.91 Å². The normalized spacial score (nSPS) is 11.2. The maximum Gasteiger partial charge on any atom is 0.218 e. The van der Waals surface area contributed by atoms with E-state index in [1.54, 1.807) is 0 Å². The summed E-state index contributed by atoms with van der Waals surface area (Å²) in [4.78, 5) is 22.9. The zero-order valence-electron chi connectivity index (χ0n) is 17.1. The summed E-state index contributed by atoms with van der Waals surface area (Å²) in [6.45, 7) is 6.16. The van der Waals surface area contributed by atoms with Gasteiger partial charge >= 0.3 is 0 Å². The van der Waals surface area contributed by atoms with Crippen molar-refractivity contribution in [3.8, 4) is 11.1 Å². The topological polar surface area (TPSA) is 72.1 Å². The van der Waals surface area contributed by atoms with E-state index in [0.29, 0.717) is 32.0 Å². The van der Waals surface area contributed by atoms with Crippen LogP contribution in [0.5, 0.6) is 0 Å². The van der Waals surface area contributed by atoms with Gasteiger partial charge in [-0.05, 0) is 29.2 Å². The second-order valence-corrected chi connectivity index (χ2v) is 7.48. The van der Waals surface area contributed by atoms with Crippen molar-refractivity contribution in [2.24, 2.45) is 5.73 Å². The standard InChI is InChI=1S/C24H28N4O/c1-18(2)20-10-6-13-26-22(20)16-28(15-12-24(25)29)17-23-21(11-7-14-27-23)19-8-4-3-5-9-19/h3-11,13-14,18H,12,15-17H2,1-2H3,(H2,25,29). The van der Waals surface area contributed by atoms with Gasteiger partial charge in [-0.15, -0.1) is 0 Å². The largest absolute Gasteiger partial charge is 0.370 e. The van der Waals surface area contributed by atoms with Crippen LogP contribution >= 0.6 is 0 Å². The van der Waals surface area contributed by atoms with Gasteiger partial charge in [0, 0.05) is 44.0 Å². The quantitative estimate of drug-likeness (QED) is 0.598. The molecule has 0 aliphatic carbocycles. The van der Waals surface area contributed by atoms with E-state index in [0.717, 1.165) is 22.5 Å². The number of benzene rings is 1. The lowest BCUT2D eigenvalue weighted by Crippen LogP contribution is -2.29. The molecule has 1 aromatic carbocycles. The first-order valence-electron chi connectivity index (χ1n) is 9.98. The minimum atomic E-state index is -0.301. The molecule has 0 saturated heterocycles. The van der Waals surface area contributed by atoms with Gasteiger partial charge in [-0.25, -0.2) is 0 Å². The maximum atomic E-state index is 11.4. The van der Waals surface area contributed by atoms with Gasteiger partial charge in [0.05, 0.1) is 11.4 Å². The Hall–Kier alpha value is -3.05. The molecular formula is C24H28N4O. The highest BCUT2D eigenvalue weighted by molar-refractivity contribution is 5.73. The molecule has 2 heterocycles. The third-order valence-electron chi connectivity index (χ3n) is 4.94. The van der Waals surface area contributed by atoms with Crippen molar-refractivity contribution in [2.45, 2.75) is 39.3 Å². The number of carbonyl (C=O) groups excluding carboxylic acids is 1. The third kappa shape index (κ3) is 5.72. The molecule has 3 rings (SSSR count). The number of pyridine rings is 2. The molecule has 0 unspecified atom stereocenters. The molecule has 29 heavy (non-hydrogen) atoms. The highest BCUT2D eigenvalue weighted by Crippen LogP contribution is 2.24. The van der Waals surface area contributed by atoms with Crippen molar-refractivity contribution in [1.82, 2.24) is 14.9 Å². The summed E-state index contributed by atoms with van der Waals surface area (Å²) in [6.07, 6.45) is 3.94. The molecule has 0 saturated carbocycles. The fraction of sp³-hybridized carbons (Fsp3) is 0.292. The second kappa shape index (κ2) is 9.94. The lowest BCUT2D eigenvalue weighted by molar-refractivity contribution is -0.118. The molecule has 0 fully saturated rings. The molecule has 0 atom stereocenters. The Balaban J connectivity index is 1.89. The number of nitrogens with zero attached hydrogens (tertiary/aromatic N) is 3. The average molecular weight is 389 g/mol. The molecular weight excluding hydrogens is 360 g/mol. The number of nitrogens with two attached hydrogens (primary N) is 1. The van der Waals surface area contributed by atoms with Crippen LogP contribution in [0.4, 0.5) is 0 Å². The lowest BCUT2D eigenvalue weighted by Gasteiger charge is -2.24. The van der Waals surface area contributed by atoms with Crippen LogP contribution in [-0.4, -0.2) is 27.3 Å². The first-order valence-corrected chi connectivity index (χ1v) is 9.98. The number of hydrogen-bond acceptors (Lipinski definition) is 4. The molecule has 1 amide bonds. The number of hydrogen-bond donors (Lipinski definition) is 1. The Bertz CT molecular complexity index is 940. The SMILES string of the molecule is CC(C)c1cccnc1CN(CCC(N)=O)Cc1ncccc1-c1ccccc1. The molecule has 0 radical (unpaired) electrons. The number of amides is 1. The Morgan fingerprint density at radius 3 is 2.28 bits per heavy atom. The molecule has 3 aromatic rings. The van der Waals surface area contributed by atoms with Crippen LogP contribution in [0.15, 0.2) is 67.0 Å². The van der Waals surface area contributed by atoms with Crippen LogP contribution in [0, 0.1) is 0 Å². The molecule has 0 bridgehead atoms. The predicted octanol–water partition coefficient (Wildman–Crippen LogP) is 4.14. The zero-order chi connectivity index (χ0) is 20.6. The third-order valence-corrected chi connectivity index (χ3v) is 4.94. The summed E-state index contributed by atoms with van der Waals surface area (Å²) in [5.41, 5.74) is 10.9. The van der Waals surface area contributed by atoms with Gasteiger partial charge in [0.15, 0.2) is 0 Å². The van der Waals surface area contributed by atoms with Gasteiger partial charge in [-0.3, -0.25) is 19.7 Å². The molecule has 5 nitrogen and oxygen atoms in total. The monoisotopic (exact) mass is 388 g/mol. The molecule has 0 spiro atoms. The van der Waals surface area contributed by atoms with Crippen molar-refractivity contribution in [1.29, 1.82) is 0 Å². The van der Waals surface area contributed by atoms with Crippen molar-refractivity contribution in [3.63, 3.8) is 0 Å². The fourth-order valence-electron chi connectivity index (χ4n) is 3.46. The fourth-order valence-corrected chi connectivity index (χ4v) is 3.46. The summed E-state index contributed by atoms with van der Waals surface area (Å²) < 4.78 is 0. The minimum absolute atomic E-state index is 0.301. The van der Waals surface area contributed by atoms with E-state index in [2.05, 4.69) is 53.0 Å². The smallest absolute Gasteiger partial charge is 0.218 e. The van der Waals surface area contributed by atoms with Crippen LogP contribution in [0.25, 0.3) is 11.1 Å². The first-order chi connectivity index (χ1) is 14.0. The molecule has 5 heteroatoms. The predicted molar refractivity (Wildman–Crippen MR) is 116 cm³/mol. The van der Waals surface area contributed by atoms with E-state index >= 15 is 0 Å². The summed E-state index contributed by atoms with van der Waals surface area (Å²) in [5, 5.41) is 0. The first kappa shape index (κ1) is 20.7. The van der Waals surface area contributed by atoms with Crippen LogP contribution < -0.4 is 5.73 Å². The van der Waals surface area contributed by atoms with E-state index in [1.807, 2.05) is 42.7 Å². The molecule has 2 N–H and O–H groups in total. The number of aromatic nitrogens is 2. The number of carbonyl (C=O) groups is 1. The number of rotatable bonds is 9. The summed E-state index contributed by atoms with van der Waals surface area (Å²) in [7, 11) is 0. The molecule has 0 aliphatic rings. The molecule has 0 aliphatic heterocycles. The van der Waals surface area contributed by atoms with Crippen LogP contribution in [0.3, 0.4) is 0 Å². The Labute approximate surface area is 172 Å². The summed E-state index contributed by atoms with van der Waals surface area (Å²) in [5.74, 6) is 0.0795. The Morgan fingerprint density at radius 1 is 0.931 bits per heavy atom. The van der Waals surface area contributed by atoms with Gasteiger partial charge in [0.25, 0.3) is 0 Å². The van der Waals surface area contributed by atoms with Gasteiger partial charge in [0.2, 0.25) is 5.91 Å². The second-order valence-electron chi connectivity index (χ2n) is 7.48. The van der Waals surface area contributed by atoms with E-state index < -0.39 is 0 Å². The Morgan fingerprint density at radius 2 is 1.59 bits per heavy atom. The highest BCUT2D eigenvalue weighted by Gasteiger charge is 2.16. The molecule has 2 aromatic heterocycles. The average Bonchev–Trinajstić information content (AvgIpc) is 2.73. The van der Waals surface area contributed by atoms with E-state index in [9.17, 15) is 4.79 Å². The van der Waals surface area contributed by atoms with Gasteiger partial charge < -0.3 is 5.73 Å². The van der Waals surface area contributed by atoms with Gasteiger partial charge in [-0.2, -0.15) is 0 Å². The van der Waals surface area contributed by atoms with Gasteiger partial charge in [-0.1, -0.05) is 56.3 Å². The van der Waals surface area contributed by atoms with Crippen molar-refractivity contribution < 1.29 is 4.79 Å². The highest BCUT2D eigenvalue weighted by atomic mass is 16.1. The summed E-state index contributed by atoms with van der Waals surface area (Å²) in [6, 6.07) is 18.4. The Kier molecular flexibility index (Phi) is 7.09. The maximum absolute atomic E-state index is 11.4.